The molecule has 0 radical (unpaired) electrons. The Morgan fingerprint density at radius 1 is 0.963 bits per heavy atom. The number of nitrogens with zero attached hydrogens (tertiary/aromatic N) is 4. The van der Waals surface area contributed by atoms with Crippen LogP contribution in [0.4, 0.5) is 17.5 Å². The van der Waals surface area contributed by atoms with E-state index in [1.54, 1.807) is 24.2 Å². The lowest BCUT2D eigenvalue weighted by atomic mass is 10.3. The van der Waals surface area contributed by atoms with Crippen LogP contribution in [-0.4, -0.2) is 20.2 Å². The van der Waals surface area contributed by atoms with Crippen molar-refractivity contribution in [1.29, 1.82) is 0 Å². The van der Waals surface area contributed by atoms with Crippen molar-refractivity contribution in [3.63, 3.8) is 0 Å². The van der Waals surface area contributed by atoms with Gasteiger partial charge in [-0.05, 0) is 42.0 Å². The van der Waals surface area contributed by atoms with Gasteiger partial charge in [-0.2, -0.15) is 0 Å². The van der Waals surface area contributed by atoms with Gasteiger partial charge >= 0.3 is 6.01 Å². The molecule has 0 saturated carbocycles. The van der Waals surface area contributed by atoms with Crippen molar-refractivity contribution in [2.45, 2.75) is 10.8 Å². The molecule has 0 aliphatic rings. The number of thioether (sulfide) groups is 1. The van der Waals surface area contributed by atoms with Gasteiger partial charge in [-0.3, -0.25) is 0 Å². The normalized spacial score (nSPS) is 10.7. The highest BCUT2D eigenvalue weighted by atomic mass is 32.2. The van der Waals surface area contributed by atoms with Crippen LogP contribution in [0.15, 0.2) is 76.4 Å². The zero-order chi connectivity index (χ0) is 18.5. The van der Waals surface area contributed by atoms with E-state index in [1.165, 1.54) is 0 Å². The quantitative estimate of drug-likeness (QED) is 0.484. The molecule has 1 aromatic carbocycles. The predicted octanol–water partition coefficient (Wildman–Crippen LogP) is 4.14. The lowest BCUT2D eigenvalue weighted by Crippen LogP contribution is -1.92. The minimum atomic E-state index is 0.331. The molecule has 134 valence electrons. The summed E-state index contributed by atoms with van der Waals surface area (Å²) >= 11 is 1.57. The molecule has 27 heavy (non-hydrogen) atoms. The number of nitrogens with one attached hydrogen (secondary N) is 1. The van der Waals surface area contributed by atoms with Gasteiger partial charge in [0.25, 0.3) is 5.89 Å². The van der Waals surface area contributed by atoms with Crippen LogP contribution < -0.4 is 11.1 Å². The minimum Gasteiger partial charge on any atom is -0.403 e. The molecular weight excluding hydrogens is 360 g/mol. The monoisotopic (exact) mass is 376 g/mol. The lowest BCUT2D eigenvalue weighted by molar-refractivity contribution is 0.585. The maximum atomic E-state index is 5.77. The summed E-state index contributed by atoms with van der Waals surface area (Å²) in [5, 5.41) is 12.1. The van der Waals surface area contributed by atoms with E-state index >= 15 is 0 Å². The Kier molecular flexibility index (Phi) is 4.97. The third-order valence-electron chi connectivity index (χ3n) is 3.67. The highest BCUT2D eigenvalue weighted by molar-refractivity contribution is 7.98. The van der Waals surface area contributed by atoms with Crippen LogP contribution in [0.3, 0.4) is 0 Å². The van der Waals surface area contributed by atoms with Gasteiger partial charge in [0.15, 0.2) is 0 Å². The van der Waals surface area contributed by atoms with Crippen molar-refractivity contribution in [2.75, 3.05) is 11.1 Å². The average molecular weight is 376 g/mol. The summed E-state index contributed by atoms with van der Waals surface area (Å²) in [5.41, 5.74) is 8.48. The van der Waals surface area contributed by atoms with Crippen molar-refractivity contribution in [3.8, 4) is 11.5 Å². The molecule has 7 nitrogen and oxygen atoms in total. The summed E-state index contributed by atoms with van der Waals surface area (Å²) in [4.78, 5) is 8.46. The zero-order valence-corrected chi connectivity index (χ0v) is 15.1. The van der Waals surface area contributed by atoms with E-state index in [4.69, 9.17) is 10.2 Å². The molecule has 0 fully saturated rings. The number of rotatable bonds is 6. The van der Waals surface area contributed by atoms with Gasteiger partial charge in [0.05, 0.1) is 5.56 Å². The van der Waals surface area contributed by atoms with E-state index in [0.717, 1.165) is 21.8 Å². The first-order valence-electron chi connectivity index (χ1n) is 8.22. The highest BCUT2D eigenvalue weighted by Gasteiger charge is 2.14. The Bertz CT molecular complexity index is 1040. The SMILES string of the molecule is Nc1cc(CSc2ncccc2-c2nnc(Nc3ccccc3)o2)ccn1. The fourth-order valence-electron chi connectivity index (χ4n) is 2.43. The van der Waals surface area contributed by atoms with E-state index in [-0.39, 0.29) is 0 Å². The Balaban J connectivity index is 1.52. The van der Waals surface area contributed by atoms with Crippen molar-refractivity contribution in [2.24, 2.45) is 0 Å². The maximum Gasteiger partial charge on any atom is 0.320 e. The largest absolute Gasteiger partial charge is 0.403 e. The minimum absolute atomic E-state index is 0.331. The molecule has 0 aliphatic heterocycles. The maximum absolute atomic E-state index is 5.77. The molecule has 8 heteroatoms. The summed E-state index contributed by atoms with van der Waals surface area (Å²) in [5.74, 6) is 1.63. The van der Waals surface area contributed by atoms with Crippen LogP contribution in [0.5, 0.6) is 0 Å². The third-order valence-corrected chi connectivity index (χ3v) is 4.75. The van der Waals surface area contributed by atoms with Crippen molar-refractivity contribution in [1.82, 2.24) is 20.2 Å². The zero-order valence-electron chi connectivity index (χ0n) is 14.2. The summed E-state index contributed by atoms with van der Waals surface area (Å²) in [6.07, 6.45) is 3.44. The Morgan fingerprint density at radius 2 is 1.85 bits per heavy atom. The molecule has 4 aromatic rings. The second kappa shape index (κ2) is 7.88. The van der Waals surface area contributed by atoms with Gasteiger partial charge in [0.1, 0.15) is 10.8 Å². The van der Waals surface area contributed by atoms with Crippen LogP contribution >= 0.6 is 11.8 Å². The number of nitrogen functional groups attached to an aromatic ring is 1. The van der Waals surface area contributed by atoms with E-state index in [0.29, 0.717) is 23.5 Å². The molecule has 0 unspecified atom stereocenters. The number of aromatic nitrogens is 4. The Hall–Kier alpha value is -3.39. The third kappa shape index (κ3) is 4.24. The first kappa shape index (κ1) is 17.0. The van der Waals surface area contributed by atoms with E-state index < -0.39 is 0 Å². The molecule has 0 aliphatic carbocycles. The molecule has 4 rings (SSSR count). The second-order valence-corrected chi connectivity index (χ2v) is 6.60. The van der Waals surface area contributed by atoms with E-state index in [2.05, 4.69) is 25.5 Å². The highest BCUT2D eigenvalue weighted by Crippen LogP contribution is 2.31. The molecule has 3 N–H and O–H groups in total. The van der Waals surface area contributed by atoms with Crippen molar-refractivity contribution in [3.05, 3.63) is 72.6 Å². The number of hydrogen-bond donors (Lipinski definition) is 2. The van der Waals surface area contributed by atoms with Gasteiger partial charge in [-0.25, -0.2) is 9.97 Å². The van der Waals surface area contributed by atoms with Crippen LogP contribution in [0, 0.1) is 0 Å². The fraction of sp³-hybridized carbons (Fsp3) is 0.0526. The fourth-order valence-corrected chi connectivity index (χ4v) is 3.36. The summed E-state index contributed by atoms with van der Waals surface area (Å²) in [7, 11) is 0. The Morgan fingerprint density at radius 3 is 2.70 bits per heavy atom. The van der Waals surface area contributed by atoms with Gasteiger partial charge in [-0.1, -0.05) is 23.3 Å². The van der Waals surface area contributed by atoms with Crippen LogP contribution in [0.25, 0.3) is 11.5 Å². The summed E-state index contributed by atoms with van der Waals surface area (Å²) in [6.45, 7) is 0. The van der Waals surface area contributed by atoms with E-state index in [9.17, 15) is 0 Å². The molecule has 0 atom stereocenters. The van der Waals surface area contributed by atoms with Gasteiger partial charge in [0.2, 0.25) is 0 Å². The Labute approximate surface area is 160 Å². The number of hydrogen-bond acceptors (Lipinski definition) is 8. The van der Waals surface area contributed by atoms with E-state index in [1.807, 2.05) is 54.6 Å². The molecule has 3 aromatic heterocycles. The number of nitrogens with two attached hydrogens (primary N) is 1. The molecular formula is C19H16N6OS. The van der Waals surface area contributed by atoms with Gasteiger partial charge in [0, 0.05) is 23.8 Å². The molecule has 0 saturated heterocycles. The second-order valence-electron chi connectivity index (χ2n) is 5.64. The molecule has 0 bridgehead atoms. The molecule has 3 heterocycles. The van der Waals surface area contributed by atoms with Gasteiger partial charge in [-0.15, -0.1) is 16.9 Å². The van der Waals surface area contributed by atoms with Crippen LogP contribution in [-0.2, 0) is 5.75 Å². The molecule has 0 spiro atoms. The molecule has 0 amide bonds. The van der Waals surface area contributed by atoms with Crippen molar-refractivity contribution < 1.29 is 4.42 Å². The van der Waals surface area contributed by atoms with Crippen LogP contribution in [0.2, 0.25) is 0 Å². The smallest absolute Gasteiger partial charge is 0.320 e. The average Bonchev–Trinajstić information content (AvgIpc) is 3.16. The number of pyridine rings is 2. The number of benzene rings is 1. The van der Waals surface area contributed by atoms with Crippen molar-refractivity contribution >= 4 is 29.3 Å². The predicted molar refractivity (Wildman–Crippen MR) is 105 cm³/mol. The standard InChI is InChI=1S/C19H16N6OS/c20-16-11-13(8-10-21-16)12-27-18-15(7-4-9-22-18)17-24-25-19(26-17)23-14-5-2-1-3-6-14/h1-11H,12H2,(H2,20,21)(H,23,25). The van der Waals surface area contributed by atoms with Gasteiger partial charge < -0.3 is 15.5 Å². The lowest BCUT2D eigenvalue weighted by Gasteiger charge is -2.05. The first-order valence-corrected chi connectivity index (χ1v) is 9.21. The topological polar surface area (TPSA) is 103 Å². The number of anilines is 3. The summed E-state index contributed by atoms with van der Waals surface area (Å²) < 4.78 is 5.77. The first-order chi connectivity index (χ1) is 13.3. The number of para-hydroxylation sites is 1. The summed E-state index contributed by atoms with van der Waals surface area (Å²) in [6, 6.07) is 17.5. The van der Waals surface area contributed by atoms with Crippen LogP contribution in [0.1, 0.15) is 5.56 Å².